The van der Waals surface area contributed by atoms with Crippen LogP contribution in [-0.4, -0.2) is 18.2 Å². The molecule has 1 N–H and O–H groups in total. The second-order valence-electron chi connectivity index (χ2n) is 5.41. The molecule has 3 rings (SSSR count). The molecule has 0 atom stereocenters. The summed E-state index contributed by atoms with van der Waals surface area (Å²) in [5, 5.41) is 15.0. The number of rotatable bonds is 7. The number of non-ortho nitro benzene ring substituents is 1. The van der Waals surface area contributed by atoms with Gasteiger partial charge in [0.15, 0.2) is 0 Å². The summed E-state index contributed by atoms with van der Waals surface area (Å²) >= 11 is 0. The minimum Gasteiger partial charge on any atom is -0.496 e. The molecule has 0 amide bonds. The number of benzene rings is 2. The van der Waals surface area contributed by atoms with Crippen molar-refractivity contribution < 1.29 is 14.1 Å². The largest absolute Gasteiger partial charge is 0.496 e. The van der Waals surface area contributed by atoms with Crippen LogP contribution in [0.1, 0.15) is 11.3 Å². The first-order chi connectivity index (χ1) is 12.7. The summed E-state index contributed by atoms with van der Waals surface area (Å²) in [5.41, 5.74) is 4.59. The third-order valence-corrected chi connectivity index (χ3v) is 3.71. The molecule has 2 aromatic carbocycles. The van der Waals surface area contributed by atoms with Gasteiger partial charge in [0.05, 0.1) is 24.8 Å². The van der Waals surface area contributed by atoms with Gasteiger partial charge in [0.1, 0.15) is 17.3 Å². The van der Waals surface area contributed by atoms with Crippen LogP contribution in [0, 0.1) is 10.1 Å². The number of ether oxygens (including phenoxy) is 1. The van der Waals surface area contributed by atoms with Gasteiger partial charge in [-0.2, -0.15) is 5.10 Å². The van der Waals surface area contributed by atoms with Crippen LogP contribution in [0.3, 0.4) is 0 Å². The molecule has 0 fully saturated rings. The fourth-order valence-electron chi connectivity index (χ4n) is 2.44. The normalized spacial score (nSPS) is 10.8. The predicted molar refractivity (Wildman–Crippen MR) is 98.2 cm³/mol. The molecule has 0 aliphatic carbocycles. The molecule has 7 nitrogen and oxygen atoms in total. The molecule has 3 aromatic rings. The van der Waals surface area contributed by atoms with E-state index in [4.69, 9.17) is 9.15 Å². The van der Waals surface area contributed by atoms with E-state index < -0.39 is 4.92 Å². The van der Waals surface area contributed by atoms with Crippen LogP contribution in [-0.2, 0) is 6.54 Å². The predicted octanol–water partition coefficient (Wildman–Crippen LogP) is 3.99. The van der Waals surface area contributed by atoms with Crippen LogP contribution in [0.2, 0.25) is 0 Å². The summed E-state index contributed by atoms with van der Waals surface area (Å²) in [7, 11) is 1.63. The highest BCUT2D eigenvalue weighted by atomic mass is 16.6. The van der Waals surface area contributed by atoms with Crippen molar-refractivity contribution in [2.45, 2.75) is 6.54 Å². The lowest BCUT2D eigenvalue weighted by Crippen LogP contribution is -2.06. The van der Waals surface area contributed by atoms with Gasteiger partial charge in [-0.25, -0.2) is 0 Å². The summed E-state index contributed by atoms with van der Waals surface area (Å²) in [4.78, 5) is 10.4. The number of hydrogen-bond acceptors (Lipinski definition) is 6. The zero-order valence-electron chi connectivity index (χ0n) is 14.1. The number of nitrogens with one attached hydrogen (secondary N) is 1. The Kier molecular flexibility index (Phi) is 5.28. The third kappa shape index (κ3) is 4.07. The zero-order chi connectivity index (χ0) is 18.4. The second kappa shape index (κ2) is 7.98. The number of nitro benzene ring substituents is 1. The van der Waals surface area contributed by atoms with Gasteiger partial charge in [0, 0.05) is 23.3 Å². The van der Waals surface area contributed by atoms with Crippen LogP contribution in [0.4, 0.5) is 5.69 Å². The maximum absolute atomic E-state index is 10.9. The van der Waals surface area contributed by atoms with Crippen LogP contribution < -0.4 is 10.2 Å². The van der Waals surface area contributed by atoms with Crippen LogP contribution in [0.5, 0.6) is 5.75 Å². The smallest absolute Gasteiger partial charge is 0.270 e. The Bertz CT molecular complexity index is 934. The van der Waals surface area contributed by atoms with Crippen LogP contribution in [0.25, 0.3) is 11.3 Å². The molecule has 0 aliphatic heterocycles. The fraction of sp³-hybridized carbons (Fsp3) is 0.105. The van der Waals surface area contributed by atoms with Crippen molar-refractivity contribution in [1.82, 2.24) is 5.43 Å². The van der Waals surface area contributed by atoms with Crippen molar-refractivity contribution in [2.24, 2.45) is 5.10 Å². The monoisotopic (exact) mass is 351 g/mol. The molecule has 7 heteroatoms. The van der Waals surface area contributed by atoms with E-state index in [0.717, 1.165) is 11.3 Å². The molecule has 0 spiro atoms. The first-order valence-electron chi connectivity index (χ1n) is 7.90. The summed E-state index contributed by atoms with van der Waals surface area (Å²) in [6, 6.07) is 17.5. The topological polar surface area (TPSA) is 89.9 Å². The Hall–Kier alpha value is -3.61. The molecule has 1 heterocycles. The lowest BCUT2D eigenvalue weighted by molar-refractivity contribution is -0.384. The molecule has 0 saturated heterocycles. The lowest BCUT2D eigenvalue weighted by atomic mass is 10.1. The molecule has 26 heavy (non-hydrogen) atoms. The summed E-state index contributed by atoms with van der Waals surface area (Å²) in [5.74, 6) is 1.88. The van der Waals surface area contributed by atoms with Gasteiger partial charge in [-0.15, -0.1) is 0 Å². The van der Waals surface area contributed by atoms with Crippen molar-refractivity contribution >= 4 is 11.9 Å². The lowest BCUT2D eigenvalue weighted by Gasteiger charge is -2.06. The van der Waals surface area contributed by atoms with E-state index in [-0.39, 0.29) is 5.69 Å². The number of furan rings is 1. The van der Waals surface area contributed by atoms with E-state index in [1.807, 2.05) is 24.3 Å². The van der Waals surface area contributed by atoms with Gasteiger partial charge >= 0.3 is 0 Å². The number of methoxy groups -OCH3 is 1. The Labute approximate surface area is 150 Å². The average molecular weight is 351 g/mol. The molecule has 1 aromatic heterocycles. The van der Waals surface area contributed by atoms with E-state index in [2.05, 4.69) is 10.5 Å². The Morgan fingerprint density at radius 3 is 2.85 bits per heavy atom. The number of para-hydroxylation sites is 1. The van der Waals surface area contributed by atoms with Gasteiger partial charge in [-0.1, -0.05) is 30.3 Å². The van der Waals surface area contributed by atoms with Gasteiger partial charge in [-0.3, -0.25) is 10.1 Å². The molecule has 0 unspecified atom stereocenters. The molecule has 0 bridgehead atoms. The van der Waals surface area contributed by atoms with Crippen LogP contribution in [0.15, 0.2) is 70.2 Å². The number of nitrogens with zero attached hydrogens (tertiary/aromatic N) is 2. The van der Waals surface area contributed by atoms with Crippen LogP contribution >= 0.6 is 0 Å². The highest BCUT2D eigenvalue weighted by Gasteiger charge is 2.09. The fourth-order valence-corrected chi connectivity index (χ4v) is 2.44. The van der Waals surface area contributed by atoms with E-state index in [9.17, 15) is 10.1 Å². The maximum Gasteiger partial charge on any atom is 0.270 e. The summed E-state index contributed by atoms with van der Waals surface area (Å²) < 4.78 is 10.9. The molecule has 0 radical (unpaired) electrons. The standard InChI is InChI=1S/C19H17N3O4/c1-25-18-8-3-2-5-15(18)12-20-21-13-17-9-10-19(26-17)14-6-4-7-16(11-14)22(23)24/h2-11,13,20H,12H2,1H3/b21-13+. The summed E-state index contributed by atoms with van der Waals surface area (Å²) in [6.45, 7) is 0.513. The van der Waals surface area contributed by atoms with Crippen molar-refractivity contribution in [3.8, 4) is 17.1 Å². The van der Waals surface area contributed by atoms with Gasteiger partial charge in [0.2, 0.25) is 0 Å². The minimum atomic E-state index is -0.434. The third-order valence-electron chi connectivity index (χ3n) is 3.71. The van der Waals surface area contributed by atoms with E-state index >= 15 is 0 Å². The molecule has 0 aliphatic rings. The molecule has 132 valence electrons. The van der Waals surface area contributed by atoms with E-state index in [1.165, 1.54) is 12.1 Å². The van der Waals surface area contributed by atoms with Gasteiger partial charge in [-0.05, 0) is 18.2 Å². The minimum absolute atomic E-state index is 0.0209. The van der Waals surface area contributed by atoms with E-state index in [0.29, 0.717) is 23.6 Å². The highest BCUT2D eigenvalue weighted by Crippen LogP contribution is 2.25. The molecular weight excluding hydrogens is 334 g/mol. The first-order valence-corrected chi connectivity index (χ1v) is 7.90. The highest BCUT2D eigenvalue weighted by molar-refractivity contribution is 5.77. The van der Waals surface area contributed by atoms with Crippen molar-refractivity contribution in [2.75, 3.05) is 7.11 Å². The van der Waals surface area contributed by atoms with Crippen molar-refractivity contribution in [3.63, 3.8) is 0 Å². The number of hydrogen-bond donors (Lipinski definition) is 1. The quantitative estimate of drug-likeness (QED) is 0.395. The number of nitro groups is 1. The van der Waals surface area contributed by atoms with Crippen molar-refractivity contribution in [3.05, 3.63) is 82.1 Å². The van der Waals surface area contributed by atoms with Gasteiger partial charge < -0.3 is 14.6 Å². The average Bonchev–Trinajstić information content (AvgIpc) is 3.14. The molecular formula is C19H17N3O4. The van der Waals surface area contributed by atoms with Gasteiger partial charge in [0.25, 0.3) is 5.69 Å². The Balaban J connectivity index is 1.64. The SMILES string of the molecule is COc1ccccc1CN/N=C/c1ccc(-c2cccc([N+](=O)[O-])c2)o1. The molecule has 0 saturated carbocycles. The van der Waals surface area contributed by atoms with E-state index in [1.54, 1.807) is 37.6 Å². The second-order valence-corrected chi connectivity index (χ2v) is 5.41. The first kappa shape index (κ1) is 17.2. The maximum atomic E-state index is 10.9. The summed E-state index contributed by atoms with van der Waals surface area (Å²) in [6.07, 6.45) is 1.55. The Morgan fingerprint density at radius 2 is 2.04 bits per heavy atom. The zero-order valence-corrected chi connectivity index (χ0v) is 14.1. The van der Waals surface area contributed by atoms with Crippen molar-refractivity contribution in [1.29, 1.82) is 0 Å². The number of hydrazone groups is 1. The Morgan fingerprint density at radius 1 is 1.19 bits per heavy atom.